The summed E-state index contributed by atoms with van der Waals surface area (Å²) in [6, 6.07) is 0.853. The lowest BCUT2D eigenvalue weighted by Gasteiger charge is -2.37. The minimum atomic E-state index is 0.161. The number of hydrogen-bond acceptors (Lipinski definition) is 2. The quantitative estimate of drug-likeness (QED) is 0.747. The summed E-state index contributed by atoms with van der Waals surface area (Å²) in [4.78, 5) is 0. The molecule has 0 aromatic carbocycles. The molecule has 82 valence electrons. The van der Waals surface area contributed by atoms with E-state index in [-0.39, 0.29) is 5.60 Å². The summed E-state index contributed by atoms with van der Waals surface area (Å²) in [5, 5.41) is 3.63. The highest BCUT2D eigenvalue weighted by Gasteiger charge is 2.32. The van der Waals surface area contributed by atoms with E-state index in [2.05, 4.69) is 19.2 Å². The lowest BCUT2D eigenvalue weighted by molar-refractivity contribution is -0.0865. The van der Waals surface area contributed by atoms with E-state index in [1.54, 1.807) is 0 Å². The first-order valence-corrected chi connectivity index (χ1v) is 6.09. The fourth-order valence-electron chi connectivity index (χ4n) is 2.29. The van der Waals surface area contributed by atoms with Crippen LogP contribution >= 0.6 is 0 Å². The van der Waals surface area contributed by atoms with Crippen molar-refractivity contribution in [1.29, 1.82) is 0 Å². The van der Waals surface area contributed by atoms with E-state index in [1.165, 1.54) is 32.2 Å². The Bertz CT molecular complexity index is 191. The molecule has 0 aromatic rings. The molecule has 0 aromatic heterocycles. The summed E-state index contributed by atoms with van der Waals surface area (Å²) in [5.41, 5.74) is 0.161. The predicted octanol–water partition coefficient (Wildman–Crippen LogP) is 2.33. The third kappa shape index (κ3) is 2.71. The normalized spacial score (nSPS) is 38.6. The maximum atomic E-state index is 5.84. The summed E-state index contributed by atoms with van der Waals surface area (Å²) in [5.74, 6) is 0.842. The average Bonchev–Trinajstić information content (AvgIpc) is 2.99. The fourth-order valence-corrected chi connectivity index (χ4v) is 2.29. The van der Waals surface area contributed by atoms with Crippen LogP contribution < -0.4 is 5.32 Å². The second kappa shape index (κ2) is 4.19. The van der Waals surface area contributed by atoms with E-state index in [0.29, 0.717) is 0 Å². The number of nitrogens with one attached hydrogen (secondary N) is 1. The van der Waals surface area contributed by atoms with Crippen molar-refractivity contribution < 1.29 is 4.74 Å². The van der Waals surface area contributed by atoms with Crippen molar-refractivity contribution in [3.05, 3.63) is 0 Å². The van der Waals surface area contributed by atoms with Crippen molar-refractivity contribution in [2.45, 2.75) is 57.6 Å². The third-order valence-electron chi connectivity index (χ3n) is 3.72. The number of rotatable bonds is 4. The Balaban J connectivity index is 1.74. The predicted molar refractivity (Wildman–Crippen MR) is 58.4 cm³/mol. The van der Waals surface area contributed by atoms with Crippen molar-refractivity contribution in [3.63, 3.8) is 0 Å². The van der Waals surface area contributed by atoms with Crippen LogP contribution in [-0.2, 0) is 4.74 Å². The van der Waals surface area contributed by atoms with Gasteiger partial charge in [0, 0.05) is 12.6 Å². The van der Waals surface area contributed by atoms with E-state index in [1.807, 2.05) is 0 Å². The molecule has 1 saturated heterocycles. The molecule has 0 radical (unpaired) electrons. The van der Waals surface area contributed by atoms with Crippen LogP contribution in [0.15, 0.2) is 0 Å². The standard InChI is InChI=1S/C12H23NO/c1-3-12(2)8-10(6-7-14-12)9-13-11-4-5-11/h10-11,13H,3-9H2,1-2H3. The fraction of sp³-hybridized carbons (Fsp3) is 1.00. The number of hydrogen-bond donors (Lipinski definition) is 1. The molecule has 2 fully saturated rings. The van der Waals surface area contributed by atoms with Gasteiger partial charge in [0.25, 0.3) is 0 Å². The molecular weight excluding hydrogens is 174 g/mol. The highest BCUT2D eigenvalue weighted by atomic mass is 16.5. The molecule has 1 heterocycles. The second-order valence-electron chi connectivity index (χ2n) is 5.19. The summed E-state index contributed by atoms with van der Waals surface area (Å²) >= 11 is 0. The van der Waals surface area contributed by atoms with E-state index < -0.39 is 0 Å². The van der Waals surface area contributed by atoms with E-state index in [4.69, 9.17) is 4.74 Å². The van der Waals surface area contributed by atoms with Gasteiger partial charge in [-0.25, -0.2) is 0 Å². The van der Waals surface area contributed by atoms with Crippen molar-refractivity contribution in [2.75, 3.05) is 13.2 Å². The molecule has 1 N–H and O–H groups in total. The molecule has 0 bridgehead atoms. The first-order valence-electron chi connectivity index (χ1n) is 6.09. The Morgan fingerprint density at radius 3 is 2.79 bits per heavy atom. The summed E-state index contributed by atoms with van der Waals surface area (Å²) in [6.07, 6.45) is 6.42. The van der Waals surface area contributed by atoms with Gasteiger partial charge >= 0.3 is 0 Å². The van der Waals surface area contributed by atoms with Gasteiger partial charge in [0.2, 0.25) is 0 Å². The Morgan fingerprint density at radius 1 is 1.36 bits per heavy atom. The van der Waals surface area contributed by atoms with Crippen molar-refractivity contribution in [1.82, 2.24) is 5.32 Å². The van der Waals surface area contributed by atoms with E-state index >= 15 is 0 Å². The molecule has 0 spiro atoms. The minimum Gasteiger partial charge on any atom is -0.375 e. The van der Waals surface area contributed by atoms with Gasteiger partial charge in [0.15, 0.2) is 0 Å². The van der Waals surface area contributed by atoms with E-state index in [9.17, 15) is 0 Å². The van der Waals surface area contributed by atoms with Gasteiger partial charge in [-0.15, -0.1) is 0 Å². The molecule has 0 amide bonds. The van der Waals surface area contributed by atoms with Crippen LogP contribution in [0.3, 0.4) is 0 Å². The molecule has 2 atom stereocenters. The molecule has 2 nitrogen and oxygen atoms in total. The first kappa shape index (κ1) is 10.4. The Labute approximate surface area is 87.4 Å². The monoisotopic (exact) mass is 197 g/mol. The average molecular weight is 197 g/mol. The second-order valence-corrected chi connectivity index (χ2v) is 5.19. The SMILES string of the molecule is CCC1(C)CC(CNC2CC2)CCO1. The van der Waals surface area contributed by atoms with Gasteiger partial charge in [0.05, 0.1) is 5.60 Å². The van der Waals surface area contributed by atoms with Gasteiger partial charge in [0.1, 0.15) is 0 Å². The largest absolute Gasteiger partial charge is 0.375 e. The van der Waals surface area contributed by atoms with Crippen LogP contribution in [0.4, 0.5) is 0 Å². The van der Waals surface area contributed by atoms with Gasteiger partial charge < -0.3 is 10.1 Å². The highest BCUT2D eigenvalue weighted by Crippen LogP contribution is 2.31. The van der Waals surface area contributed by atoms with Gasteiger partial charge in [-0.2, -0.15) is 0 Å². The van der Waals surface area contributed by atoms with Crippen LogP contribution in [0.1, 0.15) is 46.0 Å². The van der Waals surface area contributed by atoms with Crippen molar-refractivity contribution in [2.24, 2.45) is 5.92 Å². The molecule has 1 aliphatic heterocycles. The zero-order valence-corrected chi connectivity index (χ0v) is 9.51. The Morgan fingerprint density at radius 2 is 2.14 bits per heavy atom. The van der Waals surface area contributed by atoms with Crippen LogP contribution in [-0.4, -0.2) is 24.8 Å². The Hall–Kier alpha value is -0.0800. The molecule has 2 unspecified atom stereocenters. The summed E-state index contributed by atoms with van der Waals surface area (Å²) in [6.45, 7) is 6.66. The van der Waals surface area contributed by atoms with Gasteiger partial charge in [-0.3, -0.25) is 0 Å². The molecule has 1 saturated carbocycles. The van der Waals surface area contributed by atoms with Crippen LogP contribution in [0.25, 0.3) is 0 Å². The number of ether oxygens (including phenoxy) is 1. The third-order valence-corrected chi connectivity index (χ3v) is 3.72. The highest BCUT2D eigenvalue weighted by molar-refractivity contribution is 4.86. The van der Waals surface area contributed by atoms with Gasteiger partial charge in [-0.05, 0) is 51.5 Å². The smallest absolute Gasteiger partial charge is 0.0655 e. The minimum absolute atomic E-state index is 0.161. The van der Waals surface area contributed by atoms with Crippen molar-refractivity contribution >= 4 is 0 Å². The zero-order valence-electron chi connectivity index (χ0n) is 9.51. The molecule has 2 rings (SSSR count). The summed E-state index contributed by atoms with van der Waals surface area (Å²) in [7, 11) is 0. The van der Waals surface area contributed by atoms with Crippen molar-refractivity contribution in [3.8, 4) is 0 Å². The molecular formula is C12H23NO. The molecule has 2 heteroatoms. The molecule has 2 aliphatic rings. The molecule has 1 aliphatic carbocycles. The van der Waals surface area contributed by atoms with Crippen LogP contribution in [0, 0.1) is 5.92 Å². The topological polar surface area (TPSA) is 21.3 Å². The lowest BCUT2D eigenvalue weighted by Crippen LogP contribution is -2.40. The summed E-state index contributed by atoms with van der Waals surface area (Å²) < 4.78 is 5.84. The van der Waals surface area contributed by atoms with E-state index in [0.717, 1.165) is 25.0 Å². The maximum absolute atomic E-state index is 5.84. The lowest BCUT2D eigenvalue weighted by atomic mass is 9.85. The first-order chi connectivity index (χ1) is 6.72. The van der Waals surface area contributed by atoms with Crippen LogP contribution in [0.2, 0.25) is 0 Å². The maximum Gasteiger partial charge on any atom is 0.0655 e. The zero-order chi connectivity index (χ0) is 10.0. The Kier molecular flexibility index (Phi) is 3.13. The molecule has 14 heavy (non-hydrogen) atoms. The van der Waals surface area contributed by atoms with Gasteiger partial charge in [-0.1, -0.05) is 6.92 Å². The van der Waals surface area contributed by atoms with Crippen LogP contribution in [0.5, 0.6) is 0 Å².